The number of benzene rings is 1. The highest BCUT2D eigenvalue weighted by molar-refractivity contribution is 7.14. The molecule has 0 aliphatic heterocycles. The van der Waals surface area contributed by atoms with Crippen molar-refractivity contribution in [3.63, 3.8) is 0 Å². The molecule has 3 nitrogen and oxygen atoms in total. The fraction of sp³-hybridized carbons (Fsp3) is 0.273. The largest absolute Gasteiger partial charge is 0.322 e. The number of aromatic nitrogens is 2. The topological polar surface area (TPSA) is 51.8 Å². The highest BCUT2D eigenvalue weighted by Crippen LogP contribution is 2.33. The van der Waals surface area contributed by atoms with Gasteiger partial charge >= 0.3 is 0 Å². The molecule has 0 radical (unpaired) electrons. The molecule has 0 fully saturated rings. The van der Waals surface area contributed by atoms with Gasteiger partial charge in [0.25, 0.3) is 0 Å². The van der Waals surface area contributed by atoms with E-state index >= 15 is 0 Å². The van der Waals surface area contributed by atoms with E-state index in [4.69, 9.17) is 17.3 Å². The molecule has 0 bridgehead atoms. The third kappa shape index (κ3) is 2.46. The molecule has 2 rings (SSSR count). The number of hydrogen-bond acceptors (Lipinski definition) is 4. The Morgan fingerprint density at radius 2 is 2.24 bits per heavy atom. The highest BCUT2D eigenvalue weighted by Gasteiger charge is 2.15. The van der Waals surface area contributed by atoms with Gasteiger partial charge in [0.05, 0.1) is 11.1 Å². The summed E-state index contributed by atoms with van der Waals surface area (Å²) in [7, 11) is 0. The predicted molar refractivity (Wildman–Crippen MR) is 67.5 cm³/mol. The molecule has 17 heavy (non-hydrogen) atoms. The van der Waals surface area contributed by atoms with Gasteiger partial charge in [-0.1, -0.05) is 42.0 Å². The number of halogens is 2. The van der Waals surface area contributed by atoms with Crippen molar-refractivity contribution in [3.8, 4) is 10.6 Å². The molecular formula is C11H11ClFN3S. The van der Waals surface area contributed by atoms with Crippen LogP contribution in [0.15, 0.2) is 18.2 Å². The van der Waals surface area contributed by atoms with Crippen LogP contribution in [0.1, 0.15) is 24.4 Å². The van der Waals surface area contributed by atoms with Gasteiger partial charge in [-0.15, -0.1) is 10.2 Å². The van der Waals surface area contributed by atoms with Gasteiger partial charge in [-0.05, 0) is 12.5 Å². The molecule has 90 valence electrons. The average molecular weight is 272 g/mol. The maximum Gasteiger partial charge on any atom is 0.149 e. The monoisotopic (exact) mass is 271 g/mol. The van der Waals surface area contributed by atoms with Crippen molar-refractivity contribution in [2.75, 3.05) is 0 Å². The van der Waals surface area contributed by atoms with Crippen LogP contribution in [0.3, 0.4) is 0 Å². The second kappa shape index (κ2) is 5.08. The van der Waals surface area contributed by atoms with Gasteiger partial charge in [-0.3, -0.25) is 0 Å². The summed E-state index contributed by atoms with van der Waals surface area (Å²) in [5, 5.41) is 9.39. The van der Waals surface area contributed by atoms with Crippen LogP contribution in [-0.2, 0) is 0 Å². The van der Waals surface area contributed by atoms with E-state index in [1.54, 1.807) is 12.1 Å². The Hall–Kier alpha value is -1.04. The average Bonchev–Trinajstić information content (AvgIpc) is 2.81. The standard InChI is InChI=1S/C11H11ClFN3S/c1-2-8(14)11-16-15-10(17-11)6-4-3-5-7(13)9(6)12/h3-5,8H,2,14H2,1H3. The van der Waals surface area contributed by atoms with Crippen LogP contribution < -0.4 is 5.73 Å². The van der Waals surface area contributed by atoms with Crippen molar-refractivity contribution >= 4 is 22.9 Å². The molecule has 0 spiro atoms. The third-order valence-electron chi connectivity index (χ3n) is 2.38. The van der Waals surface area contributed by atoms with Crippen LogP contribution in [0, 0.1) is 5.82 Å². The van der Waals surface area contributed by atoms with E-state index < -0.39 is 5.82 Å². The first-order valence-electron chi connectivity index (χ1n) is 5.16. The van der Waals surface area contributed by atoms with Gasteiger partial charge in [-0.2, -0.15) is 0 Å². The van der Waals surface area contributed by atoms with Crippen molar-refractivity contribution in [2.45, 2.75) is 19.4 Å². The lowest BCUT2D eigenvalue weighted by atomic mass is 10.2. The molecule has 2 aromatic rings. The first-order valence-corrected chi connectivity index (χ1v) is 6.36. The summed E-state index contributed by atoms with van der Waals surface area (Å²) in [6.07, 6.45) is 0.783. The summed E-state index contributed by atoms with van der Waals surface area (Å²) >= 11 is 7.23. The lowest BCUT2D eigenvalue weighted by Gasteiger charge is -2.01. The van der Waals surface area contributed by atoms with Crippen LogP contribution in [0.4, 0.5) is 4.39 Å². The fourth-order valence-electron chi connectivity index (χ4n) is 1.34. The van der Waals surface area contributed by atoms with E-state index in [2.05, 4.69) is 10.2 Å². The maximum absolute atomic E-state index is 13.3. The number of hydrogen-bond donors (Lipinski definition) is 1. The van der Waals surface area contributed by atoms with Crippen LogP contribution in [-0.4, -0.2) is 10.2 Å². The Labute approximate surface area is 107 Å². The first kappa shape index (κ1) is 12.4. The smallest absolute Gasteiger partial charge is 0.149 e. The zero-order valence-corrected chi connectivity index (χ0v) is 10.7. The molecule has 1 atom stereocenters. The van der Waals surface area contributed by atoms with Crippen molar-refractivity contribution in [1.82, 2.24) is 10.2 Å². The SMILES string of the molecule is CCC(N)c1nnc(-c2cccc(F)c2Cl)s1. The quantitative estimate of drug-likeness (QED) is 0.931. The van der Waals surface area contributed by atoms with Gasteiger partial charge in [0.2, 0.25) is 0 Å². The molecule has 1 aromatic carbocycles. The van der Waals surface area contributed by atoms with Gasteiger partial charge in [-0.25, -0.2) is 4.39 Å². The van der Waals surface area contributed by atoms with E-state index in [9.17, 15) is 4.39 Å². The van der Waals surface area contributed by atoms with Gasteiger partial charge in [0.15, 0.2) is 0 Å². The third-order valence-corrected chi connectivity index (χ3v) is 3.85. The van der Waals surface area contributed by atoms with Gasteiger partial charge in [0.1, 0.15) is 15.8 Å². The Morgan fingerprint density at radius 1 is 1.47 bits per heavy atom. The Bertz CT molecular complexity index is 529. The zero-order chi connectivity index (χ0) is 12.4. The van der Waals surface area contributed by atoms with Gasteiger partial charge in [0, 0.05) is 5.56 Å². The van der Waals surface area contributed by atoms with Crippen molar-refractivity contribution in [3.05, 3.63) is 34.0 Å². The van der Waals surface area contributed by atoms with E-state index in [0.29, 0.717) is 10.6 Å². The highest BCUT2D eigenvalue weighted by atomic mass is 35.5. The minimum absolute atomic E-state index is 0.0697. The Balaban J connectivity index is 2.40. The number of nitrogens with two attached hydrogens (primary N) is 1. The lowest BCUT2D eigenvalue weighted by Crippen LogP contribution is -2.07. The molecule has 2 N–H and O–H groups in total. The molecule has 6 heteroatoms. The van der Waals surface area contributed by atoms with Crippen LogP contribution >= 0.6 is 22.9 Å². The molecule has 0 aliphatic rings. The van der Waals surface area contributed by atoms with Crippen molar-refractivity contribution < 1.29 is 4.39 Å². The summed E-state index contributed by atoms with van der Waals surface area (Å²) in [6, 6.07) is 4.49. The summed E-state index contributed by atoms with van der Waals surface area (Å²) in [5.41, 5.74) is 6.41. The Kier molecular flexibility index (Phi) is 3.71. The van der Waals surface area contributed by atoms with Crippen molar-refractivity contribution in [1.29, 1.82) is 0 Å². The molecule has 0 saturated carbocycles. The van der Waals surface area contributed by atoms with Crippen molar-refractivity contribution in [2.24, 2.45) is 5.73 Å². The van der Waals surface area contributed by atoms with Crippen LogP contribution in [0.5, 0.6) is 0 Å². The van der Waals surface area contributed by atoms with Gasteiger partial charge < -0.3 is 5.73 Å². The molecule has 1 aromatic heterocycles. The minimum atomic E-state index is -0.458. The molecule has 1 heterocycles. The molecule has 0 amide bonds. The lowest BCUT2D eigenvalue weighted by molar-refractivity contribution is 0.628. The molecular weight excluding hydrogens is 261 g/mol. The van der Waals surface area contributed by atoms with Crippen LogP contribution in [0.2, 0.25) is 5.02 Å². The summed E-state index contributed by atoms with van der Waals surface area (Å²) < 4.78 is 13.3. The minimum Gasteiger partial charge on any atom is -0.322 e. The van der Waals surface area contributed by atoms with E-state index in [1.807, 2.05) is 6.92 Å². The van der Waals surface area contributed by atoms with E-state index in [1.165, 1.54) is 17.4 Å². The van der Waals surface area contributed by atoms with Crippen LogP contribution in [0.25, 0.3) is 10.6 Å². The molecule has 0 aliphatic carbocycles. The Morgan fingerprint density at radius 3 is 2.94 bits per heavy atom. The number of rotatable bonds is 3. The normalized spacial score (nSPS) is 12.7. The second-order valence-electron chi connectivity index (χ2n) is 3.56. The first-order chi connectivity index (χ1) is 8.13. The summed E-state index contributed by atoms with van der Waals surface area (Å²) in [5.74, 6) is -0.458. The summed E-state index contributed by atoms with van der Waals surface area (Å²) in [6.45, 7) is 1.97. The number of nitrogens with zero attached hydrogens (tertiary/aromatic N) is 2. The molecule has 1 unspecified atom stereocenters. The molecule has 0 saturated heterocycles. The maximum atomic E-state index is 13.3. The zero-order valence-electron chi connectivity index (χ0n) is 9.15. The fourth-order valence-corrected chi connectivity index (χ4v) is 2.57. The van der Waals surface area contributed by atoms with E-state index in [-0.39, 0.29) is 11.1 Å². The second-order valence-corrected chi connectivity index (χ2v) is 4.95. The summed E-state index contributed by atoms with van der Waals surface area (Å²) in [4.78, 5) is 0. The van der Waals surface area contributed by atoms with E-state index in [0.717, 1.165) is 11.4 Å². The predicted octanol–water partition coefficient (Wildman–Crippen LogP) is 3.41.